The molecule has 0 bridgehead atoms. The Morgan fingerprint density at radius 3 is 2.42 bits per heavy atom. The number of carbonyl (C=O) groups is 3. The van der Waals surface area contributed by atoms with Crippen molar-refractivity contribution in [2.24, 2.45) is 5.92 Å². The van der Waals surface area contributed by atoms with Gasteiger partial charge in [0.2, 0.25) is 0 Å². The first-order chi connectivity index (χ1) is 15.1. The third-order valence-electron chi connectivity index (χ3n) is 6.50. The van der Waals surface area contributed by atoms with Gasteiger partial charge in [0.05, 0.1) is 23.7 Å². The zero-order valence-electron chi connectivity index (χ0n) is 17.3. The van der Waals surface area contributed by atoms with E-state index in [4.69, 9.17) is 0 Å². The molecule has 3 heterocycles. The zero-order valence-corrected chi connectivity index (χ0v) is 17.3. The molecule has 6 heteroatoms. The molecule has 2 unspecified atom stereocenters. The number of nitrogens with zero attached hydrogens (tertiary/aromatic N) is 3. The van der Waals surface area contributed by atoms with Crippen molar-refractivity contribution in [2.75, 3.05) is 13.1 Å². The maximum atomic E-state index is 13.6. The minimum atomic E-state index is -0.283. The van der Waals surface area contributed by atoms with Gasteiger partial charge in [-0.25, -0.2) is 0 Å². The molecular weight excluding hydrogens is 390 g/mol. The summed E-state index contributed by atoms with van der Waals surface area (Å²) in [6.45, 7) is 2.87. The van der Waals surface area contributed by atoms with Crippen molar-refractivity contribution in [1.82, 2.24) is 14.8 Å². The van der Waals surface area contributed by atoms with Crippen LogP contribution in [-0.4, -0.2) is 51.6 Å². The van der Waals surface area contributed by atoms with Crippen LogP contribution in [0.5, 0.6) is 0 Å². The smallest absolute Gasteiger partial charge is 0.273 e. The highest BCUT2D eigenvalue weighted by Gasteiger charge is 2.41. The van der Waals surface area contributed by atoms with Gasteiger partial charge >= 0.3 is 0 Å². The van der Waals surface area contributed by atoms with Crippen LogP contribution in [0.4, 0.5) is 0 Å². The Balaban J connectivity index is 1.47. The molecule has 2 aromatic carbocycles. The van der Waals surface area contributed by atoms with Gasteiger partial charge in [-0.1, -0.05) is 43.3 Å². The lowest BCUT2D eigenvalue weighted by molar-refractivity contribution is 0.0367. The molecule has 3 aromatic rings. The van der Waals surface area contributed by atoms with E-state index in [0.717, 1.165) is 23.6 Å². The number of rotatable bonds is 3. The van der Waals surface area contributed by atoms with Crippen LogP contribution in [-0.2, 0) is 0 Å². The van der Waals surface area contributed by atoms with Crippen molar-refractivity contribution in [3.8, 4) is 0 Å². The Labute approximate surface area is 180 Å². The van der Waals surface area contributed by atoms with Crippen LogP contribution in [0.3, 0.4) is 0 Å². The molecule has 0 saturated carbocycles. The Morgan fingerprint density at radius 1 is 1.00 bits per heavy atom. The molecule has 2 aliphatic rings. The summed E-state index contributed by atoms with van der Waals surface area (Å²) >= 11 is 0. The maximum absolute atomic E-state index is 13.6. The molecule has 0 radical (unpaired) electrons. The molecular formula is C25H23N3O3. The minimum absolute atomic E-state index is 0.148. The first kappa shape index (κ1) is 19.4. The number of amides is 3. The summed E-state index contributed by atoms with van der Waals surface area (Å²) in [5.41, 5.74) is 1.29. The maximum Gasteiger partial charge on any atom is 0.273 e. The highest BCUT2D eigenvalue weighted by Crippen LogP contribution is 2.30. The fourth-order valence-corrected chi connectivity index (χ4v) is 4.80. The van der Waals surface area contributed by atoms with Crippen LogP contribution >= 0.6 is 0 Å². The van der Waals surface area contributed by atoms with Gasteiger partial charge < -0.3 is 4.90 Å². The SMILES string of the molecule is CC1CCCN(C(=O)c2nccc3ccccc23)C1CN1C(=O)c2ccccc2C1=O. The van der Waals surface area contributed by atoms with E-state index >= 15 is 0 Å². The van der Waals surface area contributed by atoms with Crippen molar-refractivity contribution < 1.29 is 14.4 Å². The van der Waals surface area contributed by atoms with Crippen LogP contribution in [0.1, 0.15) is 51.0 Å². The number of fused-ring (bicyclic) bond motifs is 2. The Morgan fingerprint density at radius 2 is 1.68 bits per heavy atom. The highest BCUT2D eigenvalue weighted by molar-refractivity contribution is 6.21. The molecule has 156 valence electrons. The lowest BCUT2D eigenvalue weighted by Crippen LogP contribution is -2.54. The monoisotopic (exact) mass is 413 g/mol. The molecule has 31 heavy (non-hydrogen) atoms. The normalized spacial score (nSPS) is 20.9. The molecule has 1 aromatic heterocycles. The molecule has 1 saturated heterocycles. The van der Waals surface area contributed by atoms with E-state index < -0.39 is 0 Å². The summed E-state index contributed by atoms with van der Waals surface area (Å²) in [7, 11) is 0. The van der Waals surface area contributed by atoms with Gasteiger partial charge in [-0.2, -0.15) is 0 Å². The fourth-order valence-electron chi connectivity index (χ4n) is 4.80. The van der Waals surface area contributed by atoms with Crippen molar-refractivity contribution in [2.45, 2.75) is 25.8 Å². The number of hydrogen-bond acceptors (Lipinski definition) is 4. The molecule has 5 rings (SSSR count). The molecule has 2 atom stereocenters. The molecule has 0 spiro atoms. The van der Waals surface area contributed by atoms with Gasteiger partial charge in [-0.05, 0) is 42.3 Å². The van der Waals surface area contributed by atoms with E-state index in [1.807, 2.05) is 35.2 Å². The zero-order chi connectivity index (χ0) is 21.5. The molecule has 3 amide bonds. The summed E-state index contributed by atoms with van der Waals surface area (Å²) in [5, 5.41) is 1.77. The van der Waals surface area contributed by atoms with Crippen LogP contribution < -0.4 is 0 Å². The van der Waals surface area contributed by atoms with E-state index in [1.54, 1.807) is 30.5 Å². The van der Waals surface area contributed by atoms with Crippen molar-refractivity contribution in [3.05, 3.63) is 77.6 Å². The third-order valence-corrected chi connectivity index (χ3v) is 6.50. The number of carbonyl (C=O) groups excluding carboxylic acids is 3. The van der Waals surface area contributed by atoms with Gasteiger partial charge in [-0.15, -0.1) is 0 Å². The van der Waals surface area contributed by atoms with Crippen LogP contribution in [0.15, 0.2) is 60.8 Å². The average molecular weight is 413 g/mol. The number of likely N-dealkylation sites (tertiary alicyclic amines) is 1. The summed E-state index contributed by atoms with van der Waals surface area (Å²) in [6.07, 6.45) is 3.49. The Bertz CT molecular complexity index is 1170. The molecule has 2 aliphatic heterocycles. The highest BCUT2D eigenvalue weighted by atomic mass is 16.2. The molecule has 0 aliphatic carbocycles. The van der Waals surface area contributed by atoms with Gasteiger partial charge in [0.15, 0.2) is 0 Å². The van der Waals surface area contributed by atoms with Gasteiger partial charge in [0, 0.05) is 18.1 Å². The molecule has 0 N–H and O–H groups in total. The van der Waals surface area contributed by atoms with E-state index in [2.05, 4.69) is 11.9 Å². The van der Waals surface area contributed by atoms with Crippen molar-refractivity contribution in [1.29, 1.82) is 0 Å². The quantitative estimate of drug-likeness (QED) is 0.613. The summed E-state index contributed by atoms with van der Waals surface area (Å²) in [5.74, 6) is -0.551. The second-order valence-electron chi connectivity index (χ2n) is 8.33. The Hall–Kier alpha value is -3.54. The van der Waals surface area contributed by atoms with E-state index in [1.165, 1.54) is 4.90 Å². The lowest BCUT2D eigenvalue weighted by Gasteiger charge is -2.41. The van der Waals surface area contributed by atoms with Crippen LogP contribution in [0.25, 0.3) is 10.8 Å². The second kappa shape index (κ2) is 7.61. The van der Waals surface area contributed by atoms with E-state index in [-0.39, 0.29) is 36.2 Å². The molecule has 1 fully saturated rings. The largest absolute Gasteiger partial charge is 0.332 e. The first-order valence-electron chi connectivity index (χ1n) is 10.7. The molecule has 6 nitrogen and oxygen atoms in total. The predicted molar refractivity (Wildman–Crippen MR) is 117 cm³/mol. The standard InChI is InChI=1S/C25H23N3O3/c1-16-7-6-14-27(25(31)22-18-9-3-2-8-17(18)12-13-26-22)21(16)15-28-23(29)19-10-4-5-11-20(19)24(28)30/h2-5,8-13,16,21H,6-7,14-15H2,1H3. The van der Waals surface area contributed by atoms with E-state index in [9.17, 15) is 14.4 Å². The number of benzene rings is 2. The summed E-state index contributed by atoms with van der Waals surface area (Å²) in [6, 6.07) is 16.2. The number of imide groups is 1. The Kier molecular flexibility index (Phi) is 4.77. The number of aromatic nitrogens is 1. The van der Waals surface area contributed by atoms with Crippen molar-refractivity contribution >= 4 is 28.5 Å². The van der Waals surface area contributed by atoms with Crippen LogP contribution in [0.2, 0.25) is 0 Å². The number of pyridine rings is 1. The van der Waals surface area contributed by atoms with Gasteiger partial charge in [-0.3, -0.25) is 24.3 Å². The first-order valence-corrected chi connectivity index (χ1v) is 10.7. The summed E-state index contributed by atoms with van der Waals surface area (Å²) in [4.78, 5) is 46.9. The number of piperidine rings is 1. The van der Waals surface area contributed by atoms with Gasteiger partial charge in [0.1, 0.15) is 5.69 Å². The average Bonchev–Trinajstić information content (AvgIpc) is 3.04. The fraction of sp³-hybridized carbons (Fsp3) is 0.280. The minimum Gasteiger partial charge on any atom is -0.332 e. The summed E-state index contributed by atoms with van der Waals surface area (Å²) < 4.78 is 0. The van der Waals surface area contributed by atoms with Crippen LogP contribution in [0, 0.1) is 5.92 Å². The lowest BCUT2D eigenvalue weighted by atomic mass is 9.89. The second-order valence-corrected chi connectivity index (χ2v) is 8.33. The predicted octanol–water partition coefficient (Wildman–Crippen LogP) is 3.77. The van der Waals surface area contributed by atoms with Crippen molar-refractivity contribution in [3.63, 3.8) is 0 Å². The topological polar surface area (TPSA) is 70.6 Å². The van der Waals surface area contributed by atoms with Gasteiger partial charge in [0.25, 0.3) is 17.7 Å². The third kappa shape index (κ3) is 3.19. The number of hydrogen-bond donors (Lipinski definition) is 0. The van der Waals surface area contributed by atoms with E-state index in [0.29, 0.717) is 23.4 Å².